The van der Waals surface area contributed by atoms with Crippen LogP contribution in [0.25, 0.3) is 0 Å². The quantitative estimate of drug-likeness (QED) is 0.360. The summed E-state index contributed by atoms with van der Waals surface area (Å²) >= 11 is 0. The number of nitro benzene ring substituents is 1. The highest BCUT2D eigenvalue weighted by atomic mass is 32.2. The molecule has 30 heavy (non-hydrogen) atoms. The fraction of sp³-hybridized carbons (Fsp3) is 0.158. The Labute approximate surface area is 171 Å². The van der Waals surface area contributed by atoms with Crippen LogP contribution in [0, 0.1) is 10.1 Å². The first-order valence-corrected chi connectivity index (χ1v) is 10.4. The van der Waals surface area contributed by atoms with Crippen molar-refractivity contribution >= 4 is 33.0 Å². The van der Waals surface area contributed by atoms with Gasteiger partial charge in [-0.2, -0.15) is 0 Å². The van der Waals surface area contributed by atoms with Crippen molar-refractivity contribution in [1.82, 2.24) is 4.90 Å². The molecule has 0 fully saturated rings. The van der Waals surface area contributed by atoms with Crippen molar-refractivity contribution in [1.29, 1.82) is 0 Å². The van der Waals surface area contributed by atoms with Crippen molar-refractivity contribution in [3.05, 3.63) is 76.0 Å². The second-order valence-electron chi connectivity index (χ2n) is 6.42. The molecule has 0 atom stereocenters. The third kappa shape index (κ3) is 4.53. The SMILES string of the molecule is O=C1C=C(Nc2cc([N+](=O)[O-])cc(S(=O)(=O)Cc3ccccc3)c2)C(=O)N1CCO. The first-order valence-electron chi connectivity index (χ1n) is 8.73. The number of aliphatic hydroxyl groups is 1. The second kappa shape index (κ2) is 8.43. The van der Waals surface area contributed by atoms with Gasteiger partial charge in [0.15, 0.2) is 9.84 Å². The average Bonchev–Trinajstić information content (AvgIpc) is 2.96. The maximum absolute atomic E-state index is 12.8. The highest BCUT2D eigenvalue weighted by Gasteiger charge is 2.31. The van der Waals surface area contributed by atoms with Crippen LogP contribution >= 0.6 is 0 Å². The minimum absolute atomic E-state index is 0.0333. The highest BCUT2D eigenvalue weighted by Crippen LogP contribution is 2.28. The van der Waals surface area contributed by atoms with Gasteiger partial charge in [0.2, 0.25) is 0 Å². The molecule has 0 saturated carbocycles. The summed E-state index contributed by atoms with van der Waals surface area (Å²) in [5.41, 5.74) is -0.192. The summed E-state index contributed by atoms with van der Waals surface area (Å²) in [7, 11) is -3.93. The zero-order chi connectivity index (χ0) is 21.9. The first kappa shape index (κ1) is 21.1. The Kier molecular flexibility index (Phi) is 5.94. The van der Waals surface area contributed by atoms with Crippen molar-refractivity contribution < 1.29 is 28.0 Å². The molecule has 0 unspecified atom stereocenters. The van der Waals surface area contributed by atoms with Crippen LogP contribution in [0.3, 0.4) is 0 Å². The van der Waals surface area contributed by atoms with E-state index >= 15 is 0 Å². The summed E-state index contributed by atoms with van der Waals surface area (Å²) in [5, 5.41) is 22.8. The summed E-state index contributed by atoms with van der Waals surface area (Å²) in [6.45, 7) is -0.623. The van der Waals surface area contributed by atoms with E-state index in [1.807, 2.05) is 0 Å². The molecule has 0 aromatic heterocycles. The number of imide groups is 1. The molecule has 0 saturated heterocycles. The molecule has 0 bridgehead atoms. The van der Waals surface area contributed by atoms with Crippen molar-refractivity contribution in [3.63, 3.8) is 0 Å². The number of carbonyl (C=O) groups is 2. The molecule has 1 heterocycles. The molecular weight excluding hydrogens is 414 g/mol. The molecule has 0 radical (unpaired) electrons. The average molecular weight is 431 g/mol. The van der Waals surface area contributed by atoms with Gasteiger partial charge in [-0.3, -0.25) is 24.6 Å². The normalized spacial score (nSPS) is 14.0. The number of amides is 2. The lowest BCUT2D eigenvalue weighted by molar-refractivity contribution is -0.385. The van der Waals surface area contributed by atoms with E-state index in [1.165, 1.54) is 6.07 Å². The number of benzene rings is 2. The maximum atomic E-state index is 12.8. The first-order chi connectivity index (χ1) is 14.2. The van der Waals surface area contributed by atoms with Crippen molar-refractivity contribution in [3.8, 4) is 0 Å². The maximum Gasteiger partial charge on any atom is 0.277 e. The van der Waals surface area contributed by atoms with Crippen LogP contribution in [0.4, 0.5) is 11.4 Å². The Bertz CT molecular complexity index is 1140. The molecule has 0 spiro atoms. The van der Waals surface area contributed by atoms with Crippen molar-refractivity contribution in [2.45, 2.75) is 10.6 Å². The number of hydrogen-bond donors (Lipinski definition) is 2. The van der Waals surface area contributed by atoms with Crippen LogP contribution in [0.2, 0.25) is 0 Å². The number of anilines is 1. The van der Waals surface area contributed by atoms with Gasteiger partial charge >= 0.3 is 0 Å². The molecule has 2 aromatic rings. The van der Waals surface area contributed by atoms with E-state index in [1.54, 1.807) is 30.3 Å². The van der Waals surface area contributed by atoms with Crippen LogP contribution < -0.4 is 5.32 Å². The molecule has 10 nitrogen and oxygen atoms in total. The third-order valence-corrected chi connectivity index (χ3v) is 5.94. The number of rotatable bonds is 8. The summed E-state index contributed by atoms with van der Waals surface area (Å²) in [6.07, 6.45) is 0.981. The molecule has 156 valence electrons. The molecule has 2 N–H and O–H groups in total. The molecular formula is C19H17N3O7S. The van der Waals surface area contributed by atoms with Crippen molar-refractivity contribution in [2.24, 2.45) is 0 Å². The Hall–Kier alpha value is -3.57. The van der Waals surface area contributed by atoms with E-state index in [-0.39, 0.29) is 28.6 Å². The standard InChI is InChI=1S/C19H17N3O7S/c23-7-6-21-18(24)11-17(19(21)25)20-14-8-15(22(26)27)10-16(9-14)30(28,29)12-13-4-2-1-3-5-13/h1-5,8-11,20,23H,6-7,12H2. The van der Waals surface area contributed by atoms with Crippen molar-refractivity contribution in [2.75, 3.05) is 18.5 Å². The third-order valence-electron chi connectivity index (χ3n) is 4.27. The van der Waals surface area contributed by atoms with Gasteiger partial charge in [0.25, 0.3) is 17.5 Å². The molecule has 0 aliphatic carbocycles. The molecule has 1 aliphatic heterocycles. The van der Waals surface area contributed by atoms with Gasteiger partial charge in [0, 0.05) is 23.9 Å². The molecule has 2 amide bonds. The number of nitrogens with zero attached hydrogens (tertiary/aromatic N) is 2. The number of nitro groups is 1. The number of hydrogen-bond acceptors (Lipinski definition) is 8. The van der Waals surface area contributed by atoms with Gasteiger partial charge in [0.05, 0.1) is 28.7 Å². The largest absolute Gasteiger partial charge is 0.395 e. The van der Waals surface area contributed by atoms with E-state index in [0.29, 0.717) is 5.56 Å². The summed E-state index contributed by atoms with van der Waals surface area (Å²) in [6, 6.07) is 11.5. The number of carbonyl (C=O) groups excluding carboxylic acids is 2. The van der Waals surface area contributed by atoms with E-state index < -0.39 is 38.9 Å². The Morgan fingerprint density at radius 3 is 2.43 bits per heavy atom. The summed E-state index contributed by atoms with van der Waals surface area (Å²) in [4.78, 5) is 35.2. The summed E-state index contributed by atoms with van der Waals surface area (Å²) in [5.74, 6) is -1.74. The van der Waals surface area contributed by atoms with Gasteiger partial charge < -0.3 is 10.4 Å². The molecule has 2 aromatic carbocycles. The van der Waals surface area contributed by atoms with Gasteiger partial charge in [-0.1, -0.05) is 30.3 Å². The van der Waals surface area contributed by atoms with Gasteiger partial charge in [0.1, 0.15) is 5.70 Å². The predicted molar refractivity (Wildman–Crippen MR) is 106 cm³/mol. The van der Waals surface area contributed by atoms with Crippen LogP contribution in [-0.2, 0) is 25.2 Å². The topological polar surface area (TPSA) is 147 Å². The molecule has 1 aliphatic rings. The zero-order valence-corrected chi connectivity index (χ0v) is 16.3. The number of aliphatic hydroxyl groups excluding tert-OH is 1. The number of non-ortho nitro benzene ring substituents is 1. The van der Waals surface area contributed by atoms with Crippen LogP contribution in [0.1, 0.15) is 5.56 Å². The second-order valence-corrected chi connectivity index (χ2v) is 8.41. The van der Waals surface area contributed by atoms with E-state index in [9.17, 15) is 28.1 Å². The van der Waals surface area contributed by atoms with E-state index in [2.05, 4.69) is 5.32 Å². The lowest BCUT2D eigenvalue weighted by Crippen LogP contribution is -2.34. The van der Waals surface area contributed by atoms with E-state index in [0.717, 1.165) is 23.1 Å². The smallest absolute Gasteiger partial charge is 0.277 e. The minimum Gasteiger partial charge on any atom is -0.395 e. The highest BCUT2D eigenvalue weighted by molar-refractivity contribution is 7.90. The zero-order valence-electron chi connectivity index (χ0n) is 15.5. The van der Waals surface area contributed by atoms with Crippen LogP contribution in [-0.4, -0.2) is 48.3 Å². The van der Waals surface area contributed by atoms with Gasteiger partial charge in [-0.05, 0) is 11.6 Å². The van der Waals surface area contributed by atoms with Crippen LogP contribution in [0.15, 0.2) is 65.2 Å². The van der Waals surface area contributed by atoms with E-state index in [4.69, 9.17) is 5.11 Å². The van der Waals surface area contributed by atoms with Gasteiger partial charge in [-0.25, -0.2) is 8.42 Å². The number of sulfone groups is 1. The minimum atomic E-state index is -3.93. The number of β-amino-alcohol motifs (C(OH)–C–C–N with tert-alkyl or cyclic N) is 1. The lowest BCUT2D eigenvalue weighted by Gasteiger charge is -2.14. The number of nitrogens with one attached hydrogen (secondary N) is 1. The Morgan fingerprint density at radius 1 is 1.10 bits per heavy atom. The molecule has 11 heteroatoms. The Morgan fingerprint density at radius 2 is 1.80 bits per heavy atom. The fourth-order valence-corrected chi connectivity index (χ4v) is 4.29. The fourth-order valence-electron chi connectivity index (χ4n) is 2.88. The Balaban J connectivity index is 1.94. The summed E-state index contributed by atoms with van der Waals surface area (Å²) < 4.78 is 25.6. The monoisotopic (exact) mass is 431 g/mol. The van der Waals surface area contributed by atoms with Crippen LogP contribution in [0.5, 0.6) is 0 Å². The van der Waals surface area contributed by atoms with Gasteiger partial charge in [-0.15, -0.1) is 0 Å². The molecule has 3 rings (SSSR count). The predicted octanol–water partition coefficient (Wildman–Crippen LogP) is 1.23. The lowest BCUT2D eigenvalue weighted by atomic mass is 10.2.